The van der Waals surface area contributed by atoms with Gasteiger partial charge in [0.05, 0.1) is 24.3 Å². The summed E-state index contributed by atoms with van der Waals surface area (Å²) < 4.78 is 2.14. The molecular formula is C18H23N5O2S. The fraction of sp³-hybridized carbons (Fsp3) is 0.556. The molecule has 2 aliphatic rings. The largest absolute Gasteiger partial charge is 0.340 e. The minimum absolute atomic E-state index is 0.0579. The Labute approximate surface area is 156 Å². The van der Waals surface area contributed by atoms with E-state index < -0.39 is 0 Å². The molecule has 2 fully saturated rings. The highest BCUT2D eigenvalue weighted by molar-refractivity contribution is 7.07. The van der Waals surface area contributed by atoms with Crippen molar-refractivity contribution in [1.82, 2.24) is 24.3 Å². The molecule has 1 atom stereocenters. The van der Waals surface area contributed by atoms with Crippen molar-refractivity contribution in [1.29, 1.82) is 0 Å². The summed E-state index contributed by atoms with van der Waals surface area (Å²) >= 11 is 1.59. The minimum atomic E-state index is 0.0579. The highest BCUT2D eigenvalue weighted by atomic mass is 32.1. The van der Waals surface area contributed by atoms with E-state index in [1.807, 2.05) is 28.2 Å². The van der Waals surface area contributed by atoms with Crippen molar-refractivity contribution >= 4 is 23.2 Å². The van der Waals surface area contributed by atoms with Gasteiger partial charge in [-0.1, -0.05) is 0 Å². The van der Waals surface area contributed by atoms with Gasteiger partial charge in [-0.2, -0.15) is 0 Å². The molecule has 0 radical (unpaired) electrons. The van der Waals surface area contributed by atoms with Crippen molar-refractivity contribution in [2.45, 2.75) is 38.1 Å². The van der Waals surface area contributed by atoms with E-state index >= 15 is 0 Å². The number of aromatic nitrogens is 3. The van der Waals surface area contributed by atoms with E-state index in [1.54, 1.807) is 16.2 Å². The molecule has 2 aromatic rings. The van der Waals surface area contributed by atoms with E-state index in [9.17, 15) is 9.59 Å². The van der Waals surface area contributed by atoms with E-state index in [1.165, 1.54) is 0 Å². The number of piperidine rings is 1. The Bertz CT molecular complexity index is 772. The minimum Gasteiger partial charge on any atom is -0.340 e. The van der Waals surface area contributed by atoms with Crippen LogP contribution in [0.1, 0.15) is 43.1 Å². The van der Waals surface area contributed by atoms with Crippen LogP contribution in [-0.2, 0) is 16.1 Å². The predicted molar refractivity (Wildman–Crippen MR) is 97.8 cm³/mol. The summed E-state index contributed by atoms with van der Waals surface area (Å²) in [7, 11) is 0. The van der Waals surface area contributed by atoms with E-state index in [0.717, 1.165) is 37.3 Å². The molecule has 7 nitrogen and oxygen atoms in total. The van der Waals surface area contributed by atoms with Crippen LogP contribution < -0.4 is 0 Å². The second-order valence-corrected chi connectivity index (χ2v) is 7.71. The van der Waals surface area contributed by atoms with Gasteiger partial charge in [-0.25, -0.2) is 9.97 Å². The van der Waals surface area contributed by atoms with Crippen molar-refractivity contribution < 1.29 is 9.59 Å². The summed E-state index contributed by atoms with van der Waals surface area (Å²) in [6.07, 6.45) is 7.24. The van der Waals surface area contributed by atoms with E-state index in [4.69, 9.17) is 0 Å². The van der Waals surface area contributed by atoms with Gasteiger partial charge in [-0.15, -0.1) is 11.3 Å². The third-order valence-corrected chi connectivity index (χ3v) is 5.84. The van der Waals surface area contributed by atoms with Crippen LogP contribution in [0.25, 0.3) is 0 Å². The molecule has 0 saturated carbocycles. The highest BCUT2D eigenvalue weighted by Crippen LogP contribution is 2.26. The number of imidazole rings is 1. The average molecular weight is 373 g/mol. The topological polar surface area (TPSA) is 71.3 Å². The van der Waals surface area contributed by atoms with Crippen LogP contribution in [0.5, 0.6) is 0 Å². The lowest BCUT2D eigenvalue weighted by molar-refractivity contribution is -0.139. The van der Waals surface area contributed by atoms with Gasteiger partial charge in [0, 0.05) is 49.7 Å². The van der Waals surface area contributed by atoms with Gasteiger partial charge in [-0.05, 0) is 19.3 Å². The monoisotopic (exact) mass is 373 g/mol. The number of amides is 2. The van der Waals surface area contributed by atoms with Crippen LogP contribution in [0, 0.1) is 0 Å². The number of likely N-dealkylation sites (tertiary alicyclic amines) is 2. The third kappa shape index (κ3) is 3.65. The van der Waals surface area contributed by atoms with E-state index in [2.05, 4.69) is 14.5 Å². The molecule has 2 aliphatic heterocycles. The molecule has 4 rings (SSSR count). The quantitative estimate of drug-likeness (QED) is 0.800. The lowest BCUT2D eigenvalue weighted by atomic mass is 9.97. The Balaban J connectivity index is 1.41. The maximum atomic E-state index is 12.7. The van der Waals surface area contributed by atoms with Crippen molar-refractivity contribution in [2.24, 2.45) is 0 Å². The first-order valence-corrected chi connectivity index (χ1v) is 10.1. The Morgan fingerprint density at radius 1 is 1.27 bits per heavy atom. The van der Waals surface area contributed by atoms with E-state index in [0.29, 0.717) is 26.1 Å². The average Bonchev–Trinajstić information content (AvgIpc) is 3.39. The molecule has 8 heteroatoms. The summed E-state index contributed by atoms with van der Waals surface area (Å²) in [4.78, 5) is 36.9. The van der Waals surface area contributed by atoms with Crippen LogP contribution in [0.4, 0.5) is 0 Å². The van der Waals surface area contributed by atoms with Gasteiger partial charge in [0.2, 0.25) is 11.8 Å². The molecule has 0 bridgehead atoms. The first kappa shape index (κ1) is 17.2. The Kier molecular flexibility index (Phi) is 5.01. The second kappa shape index (κ2) is 7.57. The summed E-state index contributed by atoms with van der Waals surface area (Å²) in [6, 6.07) is 0. The van der Waals surface area contributed by atoms with Crippen molar-refractivity contribution in [3.8, 4) is 0 Å². The SMILES string of the molecule is O=C1CCCN1CC(=O)N1CCCC(c2nccn2Cc2cscn2)C1. The molecule has 0 N–H and O–H groups in total. The van der Waals surface area contributed by atoms with Gasteiger partial charge in [0.1, 0.15) is 5.82 Å². The maximum absolute atomic E-state index is 12.7. The number of hydrogen-bond donors (Lipinski definition) is 0. The first-order valence-electron chi connectivity index (χ1n) is 9.14. The second-order valence-electron chi connectivity index (χ2n) is 6.99. The maximum Gasteiger partial charge on any atom is 0.242 e. The number of hydrogen-bond acceptors (Lipinski definition) is 5. The van der Waals surface area contributed by atoms with Gasteiger partial charge in [0.25, 0.3) is 0 Å². The van der Waals surface area contributed by atoms with E-state index in [-0.39, 0.29) is 24.3 Å². The molecule has 0 aromatic carbocycles. The van der Waals surface area contributed by atoms with Crippen LogP contribution in [0.2, 0.25) is 0 Å². The molecule has 26 heavy (non-hydrogen) atoms. The Hall–Kier alpha value is -2.22. The fourth-order valence-corrected chi connectivity index (χ4v) is 4.40. The van der Waals surface area contributed by atoms with Gasteiger partial charge >= 0.3 is 0 Å². The van der Waals surface area contributed by atoms with Crippen LogP contribution in [0.3, 0.4) is 0 Å². The summed E-state index contributed by atoms with van der Waals surface area (Å²) in [6.45, 7) is 3.09. The zero-order valence-corrected chi connectivity index (χ0v) is 15.5. The molecule has 0 spiro atoms. The molecule has 0 aliphatic carbocycles. The normalized spacial score (nSPS) is 20.8. The third-order valence-electron chi connectivity index (χ3n) is 5.20. The molecule has 4 heterocycles. The number of carbonyl (C=O) groups is 2. The van der Waals surface area contributed by atoms with Gasteiger partial charge < -0.3 is 14.4 Å². The molecular weight excluding hydrogens is 350 g/mol. The van der Waals surface area contributed by atoms with Crippen molar-refractivity contribution in [2.75, 3.05) is 26.2 Å². The zero-order valence-electron chi connectivity index (χ0n) is 14.7. The predicted octanol–water partition coefficient (Wildman–Crippen LogP) is 1.72. The van der Waals surface area contributed by atoms with Crippen molar-refractivity contribution in [3.63, 3.8) is 0 Å². The van der Waals surface area contributed by atoms with Crippen LogP contribution >= 0.6 is 11.3 Å². The zero-order chi connectivity index (χ0) is 17.9. The summed E-state index contributed by atoms with van der Waals surface area (Å²) in [5.41, 5.74) is 2.87. The number of rotatable bonds is 5. The molecule has 2 aromatic heterocycles. The molecule has 138 valence electrons. The number of nitrogens with zero attached hydrogens (tertiary/aromatic N) is 5. The lowest BCUT2D eigenvalue weighted by Gasteiger charge is -2.33. The first-order chi connectivity index (χ1) is 12.7. The summed E-state index contributed by atoms with van der Waals surface area (Å²) in [5, 5.41) is 2.05. The molecule has 2 amide bonds. The molecule has 2 saturated heterocycles. The van der Waals surface area contributed by atoms with Gasteiger partial charge in [0.15, 0.2) is 0 Å². The Morgan fingerprint density at radius 2 is 2.19 bits per heavy atom. The van der Waals surface area contributed by atoms with Crippen LogP contribution in [-0.4, -0.2) is 62.3 Å². The van der Waals surface area contributed by atoms with Crippen LogP contribution in [0.15, 0.2) is 23.3 Å². The lowest BCUT2D eigenvalue weighted by Crippen LogP contribution is -2.45. The fourth-order valence-electron chi connectivity index (χ4n) is 3.85. The molecule has 1 unspecified atom stereocenters. The highest BCUT2D eigenvalue weighted by Gasteiger charge is 2.30. The van der Waals surface area contributed by atoms with Gasteiger partial charge in [-0.3, -0.25) is 9.59 Å². The van der Waals surface area contributed by atoms with Crippen molar-refractivity contribution in [3.05, 3.63) is 34.8 Å². The number of carbonyl (C=O) groups excluding carboxylic acids is 2. The Morgan fingerprint density at radius 3 is 2.96 bits per heavy atom. The summed E-state index contributed by atoms with van der Waals surface area (Å²) in [5.74, 6) is 1.41. The number of thiazole rings is 1. The smallest absolute Gasteiger partial charge is 0.242 e. The standard InChI is InChI=1S/C18H23N5O2S/c24-16-4-2-7-22(16)11-17(25)21-6-1-3-14(9-21)18-19-5-8-23(18)10-15-12-26-13-20-15/h5,8,12-14H,1-4,6-7,9-11H2.